The number of halogens is 1. The predicted molar refractivity (Wildman–Crippen MR) is 122 cm³/mol. The molecule has 5 nitrogen and oxygen atoms in total. The molecule has 2 heterocycles. The van der Waals surface area contributed by atoms with Crippen LogP contribution in [0.1, 0.15) is 28.9 Å². The smallest absolute Gasteiger partial charge is 0.271 e. The molecular weight excluding hydrogens is 442 g/mol. The van der Waals surface area contributed by atoms with E-state index in [1.54, 1.807) is 0 Å². The number of amides is 2. The summed E-state index contributed by atoms with van der Waals surface area (Å²) in [6.45, 7) is 2.32. The molecule has 0 spiro atoms. The van der Waals surface area contributed by atoms with Crippen LogP contribution in [0.25, 0.3) is 10.9 Å². The fourth-order valence-corrected chi connectivity index (χ4v) is 4.91. The van der Waals surface area contributed by atoms with E-state index >= 15 is 0 Å². The van der Waals surface area contributed by atoms with Crippen LogP contribution in [-0.4, -0.2) is 52.4 Å². The number of rotatable bonds is 5. The average Bonchev–Trinajstić information content (AvgIpc) is 3.04. The first-order valence-electron chi connectivity index (χ1n) is 10.4. The molecule has 1 aromatic heterocycles. The van der Waals surface area contributed by atoms with Crippen molar-refractivity contribution in [2.45, 2.75) is 19.3 Å². The van der Waals surface area contributed by atoms with Crippen molar-refractivity contribution >= 4 is 38.6 Å². The Bertz CT molecular complexity index is 1010. The number of fused-ring (bicyclic) bond motifs is 1. The van der Waals surface area contributed by atoms with Crippen LogP contribution in [0, 0.1) is 0 Å². The summed E-state index contributed by atoms with van der Waals surface area (Å²) in [7, 11) is 1.92. The van der Waals surface area contributed by atoms with E-state index in [-0.39, 0.29) is 11.8 Å². The van der Waals surface area contributed by atoms with Crippen molar-refractivity contribution in [2.24, 2.45) is 7.05 Å². The number of piperazine rings is 1. The molecule has 0 aliphatic carbocycles. The summed E-state index contributed by atoms with van der Waals surface area (Å²) in [6, 6.07) is 18.2. The summed E-state index contributed by atoms with van der Waals surface area (Å²) in [5.41, 5.74) is 2.96. The van der Waals surface area contributed by atoms with E-state index in [2.05, 4.69) is 28.1 Å². The third kappa shape index (κ3) is 4.15. The topological polar surface area (TPSA) is 45.6 Å². The van der Waals surface area contributed by atoms with Crippen molar-refractivity contribution in [3.05, 3.63) is 70.3 Å². The van der Waals surface area contributed by atoms with Gasteiger partial charge in [-0.25, -0.2) is 0 Å². The fourth-order valence-electron chi connectivity index (χ4n) is 4.14. The van der Waals surface area contributed by atoms with Gasteiger partial charge in [0.2, 0.25) is 5.91 Å². The lowest BCUT2D eigenvalue weighted by atomic mass is 10.1. The summed E-state index contributed by atoms with van der Waals surface area (Å²) in [5.74, 6) is 0.195. The molecule has 4 rings (SSSR count). The standard InChI is InChI=1S/C24H26BrN3O2/c1-26-20-12-6-5-11-19(20)22(25)23(26)24(30)28-16-14-27(15-17-28)21(29)13-7-10-18-8-3-2-4-9-18/h2-6,8-9,11-12H,7,10,13-17H2,1H3. The molecule has 0 bridgehead atoms. The summed E-state index contributed by atoms with van der Waals surface area (Å²) >= 11 is 3.62. The van der Waals surface area contributed by atoms with Crippen molar-refractivity contribution in [2.75, 3.05) is 26.2 Å². The van der Waals surface area contributed by atoms with Gasteiger partial charge in [0.25, 0.3) is 5.91 Å². The molecule has 1 aliphatic rings. The Hall–Kier alpha value is -2.60. The van der Waals surface area contributed by atoms with Crippen molar-refractivity contribution in [3.8, 4) is 0 Å². The SMILES string of the molecule is Cn1c(C(=O)N2CCN(C(=O)CCCc3ccccc3)CC2)c(Br)c2ccccc21. The zero-order valence-electron chi connectivity index (χ0n) is 17.2. The van der Waals surface area contributed by atoms with Gasteiger partial charge < -0.3 is 14.4 Å². The Kier molecular flexibility index (Phi) is 6.23. The number of nitrogens with zero attached hydrogens (tertiary/aromatic N) is 3. The van der Waals surface area contributed by atoms with Gasteiger partial charge in [-0.15, -0.1) is 0 Å². The third-order valence-electron chi connectivity index (χ3n) is 5.87. The molecule has 0 radical (unpaired) electrons. The minimum Gasteiger partial charge on any atom is -0.339 e. The van der Waals surface area contributed by atoms with Crippen molar-refractivity contribution < 1.29 is 9.59 Å². The van der Waals surface area contributed by atoms with E-state index in [0.29, 0.717) is 38.3 Å². The van der Waals surface area contributed by atoms with Crippen LogP contribution in [0.5, 0.6) is 0 Å². The van der Waals surface area contributed by atoms with Gasteiger partial charge in [-0.2, -0.15) is 0 Å². The lowest BCUT2D eigenvalue weighted by molar-refractivity contribution is -0.132. The van der Waals surface area contributed by atoms with Gasteiger partial charge in [-0.05, 0) is 40.4 Å². The Morgan fingerprint density at radius 3 is 2.23 bits per heavy atom. The zero-order chi connectivity index (χ0) is 21.1. The highest BCUT2D eigenvalue weighted by Gasteiger charge is 2.28. The first-order valence-corrected chi connectivity index (χ1v) is 11.2. The monoisotopic (exact) mass is 467 g/mol. The minimum absolute atomic E-state index is 0.0109. The van der Waals surface area contributed by atoms with E-state index < -0.39 is 0 Å². The Morgan fingerprint density at radius 1 is 0.900 bits per heavy atom. The van der Waals surface area contributed by atoms with Crippen LogP contribution in [0.2, 0.25) is 0 Å². The average molecular weight is 468 g/mol. The molecule has 3 aromatic rings. The van der Waals surface area contributed by atoms with Crippen LogP contribution in [0.3, 0.4) is 0 Å². The van der Waals surface area contributed by atoms with Crippen LogP contribution in [0.4, 0.5) is 0 Å². The van der Waals surface area contributed by atoms with Crippen LogP contribution in [0.15, 0.2) is 59.1 Å². The molecular formula is C24H26BrN3O2. The number of para-hydroxylation sites is 1. The number of hydrogen-bond donors (Lipinski definition) is 0. The maximum Gasteiger partial charge on any atom is 0.271 e. The maximum atomic E-state index is 13.2. The molecule has 2 aromatic carbocycles. The molecule has 1 aliphatic heterocycles. The van der Waals surface area contributed by atoms with Gasteiger partial charge in [-0.3, -0.25) is 9.59 Å². The molecule has 30 heavy (non-hydrogen) atoms. The molecule has 1 saturated heterocycles. The normalized spacial score (nSPS) is 14.3. The molecule has 0 atom stereocenters. The highest BCUT2D eigenvalue weighted by molar-refractivity contribution is 9.10. The molecule has 2 amide bonds. The molecule has 0 N–H and O–H groups in total. The minimum atomic E-state index is 0.0109. The van der Waals surface area contributed by atoms with E-state index in [1.807, 2.05) is 63.9 Å². The van der Waals surface area contributed by atoms with Gasteiger partial charge in [0.15, 0.2) is 0 Å². The Balaban J connectivity index is 1.33. The van der Waals surface area contributed by atoms with Crippen molar-refractivity contribution in [3.63, 3.8) is 0 Å². The number of benzene rings is 2. The number of aromatic nitrogens is 1. The van der Waals surface area contributed by atoms with E-state index in [0.717, 1.165) is 28.2 Å². The summed E-state index contributed by atoms with van der Waals surface area (Å²) in [5, 5.41) is 1.04. The lowest BCUT2D eigenvalue weighted by Gasteiger charge is -2.35. The number of hydrogen-bond acceptors (Lipinski definition) is 2. The van der Waals surface area contributed by atoms with Gasteiger partial charge in [0.05, 0.1) is 4.47 Å². The van der Waals surface area contributed by atoms with Crippen LogP contribution in [-0.2, 0) is 18.3 Å². The first kappa shape index (κ1) is 20.7. The molecule has 0 unspecified atom stereocenters. The summed E-state index contributed by atoms with van der Waals surface area (Å²) in [4.78, 5) is 29.5. The second kappa shape index (κ2) is 9.04. The van der Waals surface area contributed by atoms with Crippen LogP contribution >= 0.6 is 15.9 Å². The van der Waals surface area contributed by atoms with Crippen LogP contribution < -0.4 is 0 Å². The molecule has 156 valence electrons. The lowest BCUT2D eigenvalue weighted by Crippen LogP contribution is -2.50. The fraction of sp³-hybridized carbons (Fsp3) is 0.333. The van der Waals surface area contributed by atoms with E-state index in [4.69, 9.17) is 0 Å². The Morgan fingerprint density at radius 2 is 1.53 bits per heavy atom. The van der Waals surface area contributed by atoms with Gasteiger partial charge in [0, 0.05) is 50.6 Å². The molecule has 6 heteroatoms. The number of carbonyl (C=O) groups is 2. The first-order chi connectivity index (χ1) is 14.6. The number of aryl methyl sites for hydroxylation is 2. The van der Waals surface area contributed by atoms with Crippen molar-refractivity contribution in [1.29, 1.82) is 0 Å². The van der Waals surface area contributed by atoms with E-state index in [9.17, 15) is 9.59 Å². The summed E-state index contributed by atoms with van der Waals surface area (Å²) in [6.07, 6.45) is 2.32. The predicted octanol–water partition coefficient (Wildman–Crippen LogP) is 4.25. The molecule has 1 fully saturated rings. The second-order valence-corrected chi connectivity index (χ2v) is 8.54. The highest BCUT2D eigenvalue weighted by Crippen LogP contribution is 2.31. The third-order valence-corrected chi connectivity index (χ3v) is 6.67. The highest BCUT2D eigenvalue weighted by atomic mass is 79.9. The van der Waals surface area contributed by atoms with Crippen molar-refractivity contribution in [1.82, 2.24) is 14.4 Å². The second-order valence-electron chi connectivity index (χ2n) is 7.75. The van der Waals surface area contributed by atoms with Gasteiger partial charge in [0.1, 0.15) is 5.69 Å². The quantitative estimate of drug-likeness (QED) is 0.562. The number of carbonyl (C=O) groups excluding carboxylic acids is 2. The maximum absolute atomic E-state index is 13.2. The zero-order valence-corrected chi connectivity index (χ0v) is 18.8. The largest absolute Gasteiger partial charge is 0.339 e. The summed E-state index contributed by atoms with van der Waals surface area (Å²) < 4.78 is 2.79. The van der Waals surface area contributed by atoms with Gasteiger partial charge >= 0.3 is 0 Å². The van der Waals surface area contributed by atoms with E-state index in [1.165, 1.54) is 5.56 Å². The van der Waals surface area contributed by atoms with Gasteiger partial charge in [-0.1, -0.05) is 48.5 Å². The molecule has 0 saturated carbocycles. The Labute approximate surface area is 185 Å².